The van der Waals surface area contributed by atoms with E-state index in [0.29, 0.717) is 6.04 Å². The molecule has 2 N–H and O–H groups in total. The Morgan fingerprint density at radius 2 is 1.60 bits per heavy atom. The van der Waals surface area contributed by atoms with Crippen LogP contribution in [0.3, 0.4) is 0 Å². The van der Waals surface area contributed by atoms with E-state index in [4.69, 9.17) is 5.73 Å². The van der Waals surface area contributed by atoms with Crippen molar-refractivity contribution in [1.29, 1.82) is 0 Å². The molecule has 20 heavy (non-hydrogen) atoms. The predicted octanol–water partition coefficient (Wildman–Crippen LogP) is 3.37. The van der Waals surface area contributed by atoms with E-state index >= 15 is 0 Å². The zero-order valence-electron chi connectivity index (χ0n) is 12.7. The number of hydrogen-bond acceptors (Lipinski definition) is 2. The number of nitrogens with zero attached hydrogens (tertiary/aromatic N) is 1. The van der Waals surface area contributed by atoms with Crippen molar-refractivity contribution in [2.75, 3.05) is 19.6 Å². The average molecular weight is 272 g/mol. The maximum absolute atomic E-state index is 6.13. The lowest BCUT2D eigenvalue weighted by atomic mass is 10.0. The number of nitrogens with two attached hydrogens (primary N) is 1. The molecule has 0 aromatic heterocycles. The summed E-state index contributed by atoms with van der Waals surface area (Å²) in [5.74, 6) is 1.88. The van der Waals surface area contributed by atoms with Gasteiger partial charge in [-0.25, -0.2) is 0 Å². The quantitative estimate of drug-likeness (QED) is 0.786. The maximum atomic E-state index is 6.13. The van der Waals surface area contributed by atoms with Crippen LogP contribution in [0, 0.1) is 11.8 Å². The number of benzene rings is 1. The van der Waals surface area contributed by atoms with Crippen molar-refractivity contribution >= 4 is 0 Å². The molecule has 0 aliphatic heterocycles. The Morgan fingerprint density at radius 3 is 2.00 bits per heavy atom. The van der Waals surface area contributed by atoms with Crippen LogP contribution in [0.2, 0.25) is 0 Å². The van der Waals surface area contributed by atoms with Gasteiger partial charge in [-0.15, -0.1) is 0 Å². The van der Waals surface area contributed by atoms with Crippen LogP contribution < -0.4 is 5.73 Å². The first-order chi connectivity index (χ1) is 9.80. The van der Waals surface area contributed by atoms with Gasteiger partial charge in [0.2, 0.25) is 0 Å². The Kier molecular flexibility index (Phi) is 4.42. The fraction of sp³-hybridized carbons (Fsp3) is 0.667. The van der Waals surface area contributed by atoms with Crippen LogP contribution in [-0.4, -0.2) is 24.5 Å². The van der Waals surface area contributed by atoms with E-state index in [1.165, 1.54) is 49.9 Å². The van der Waals surface area contributed by atoms with Crippen LogP contribution in [0.5, 0.6) is 0 Å². The molecule has 0 radical (unpaired) electrons. The van der Waals surface area contributed by atoms with Gasteiger partial charge in [0.15, 0.2) is 0 Å². The summed E-state index contributed by atoms with van der Waals surface area (Å²) in [5.41, 5.74) is 8.95. The van der Waals surface area contributed by atoms with Crippen LogP contribution in [0.1, 0.15) is 49.8 Å². The van der Waals surface area contributed by atoms with E-state index in [0.717, 1.165) is 24.8 Å². The molecule has 2 aliphatic rings. The molecule has 2 aliphatic carbocycles. The van der Waals surface area contributed by atoms with Gasteiger partial charge in [0.25, 0.3) is 0 Å². The van der Waals surface area contributed by atoms with Gasteiger partial charge < -0.3 is 5.73 Å². The van der Waals surface area contributed by atoms with Crippen LogP contribution in [0.15, 0.2) is 24.3 Å². The molecule has 2 nitrogen and oxygen atoms in total. The summed E-state index contributed by atoms with van der Waals surface area (Å²) in [7, 11) is 0. The lowest BCUT2D eigenvalue weighted by molar-refractivity contribution is 0.185. The minimum atomic E-state index is 0.419. The molecule has 1 atom stereocenters. The molecule has 3 rings (SSSR count). The molecule has 1 aromatic rings. The van der Waals surface area contributed by atoms with Gasteiger partial charge in [0, 0.05) is 25.7 Å². The van der Waals surface area contributed by atoms with Crippen molar-refractivity contribution in [2.45, 2.75) is 45.1 Å². The smallest absolute Gasteiger partial charge is 0.0470 e. The van der Waals surface area contributed by atoms with Gasteiger partial charge in [0.1, 0.15) is 0 Å². The number of hydrogen-bond donors (Lipinski definition) is 1. The summed E-state index contributed by atoms with van der Waals surface area (Å²) < 4.78 is 0. The zero-order valence-corrected chi connectivity index (χ0v) is 12.7. The SMILES string of the molecule is CCc1ccc(C(CN)N(CC2CC2)CC2CC2)cc1. The predicted molar refractivity (Wildman–Crippen MR) is 84.6 cm³/mol. The van der Waals surface area contributed by atoms with Crippen molar-refractivity contribution in [2.24, 2.45) is 17.6 Å². The Labute approximate surface area is 123 Å². The minimum absolute atomic E-state index is 0.419. The van der Waals surface area contributed by atoms with Crippen molar-refractivity contribution < 1.29 is 0 Å². The first-order valence-electron chi connectivity index (χ1n) is 8.33. The first-order valence-corrected chi connectivity index (χ1v) is 8.33. The van der Waals surface area contributed by atoms with E-state index in [1.807, 2.05) is 0 Å². The van der Waals surface area contributed by atoms with Crippen LogP contribution in [-0.2, 0) is 6.42 Å². The standard InChI is InChI=1S/C18H28N2/c1-2-14-7-9-17(10-8-14)18(11-19)20(12-15-3-4-15)13-16-5-6-16/h7-10,15-16,18H,2-6,11-13,19H2,1H3. The van der Waals surface area contributed by atoms with Gasteiger partial charge in [-0.3, -0.25) is 4.90 Å². The molecule has 2 fully saturated rings. The summed E-state index contributed by atoms with van der Waals surface area (Å²) >= 11 is 0. The lowest BCUT2D eigenvalue weighted by Gasteiger charge is -2.31. The highest BCUT2D eigenvalue weighted by Gasteiger charge is 2.32. The van der Waals surface area contributed by atoms with Gasteiger partial charge >= 0.3 is 0 Å². The second kappa shape index (κ2) is 6.28. The zero-order chi connectivity index (χ0) is 13.9. The highest BCUT2D eigenvalue weighted by Crippen LogP contribution is 2.37. The van der Waals surface area contributed by atoms with Crippen molar-refractivity contribution in [3.05, 3.63) is 35.4 Å². The largest absolute Gasteiger partial charge is 0.329 e. The van der Waals surface area contributed by atoms with E-state index in [2.05, 4.69) is 36.1 Å². The Morgan fingerprint density at radius 1 is 1.05 bits per heavy atom. The van der Waals surface area contributed by atoms with Gasteiger partial charge in [-0.1, -0.05) is 31.2 Å². The third-order valence-electron chi connectivity index (χ3n) is 4.82. The van der Waals surface area contributed by atoms with E-state index in [9.17, 15) is 0 Å². The molecule has 2 saturated carbocycles. The third-order valence-corrected chi connectivity index (χ3v) is 4.82. The molecule has 0 saturated heterocycles. The van der Waals surface area contributed by atoms with Crippen LogP contribution >= 0.6 is 0 Å². The summed E-state index contributed by atoms with van der Waals surface area (Å²) in [4.78, 5) is 2.68. The summed E-state index contributed by atoms with van der Waals surface area (Å²) in [6, 6.07) is 9.54. The Bertz CT molecular complexity index is 404. The molecule has 1 aromatic carbocycles. The second-order valence-electron chi connectivity index (χ2n) is 6.69. The molecule has 110 valence electrons. The molecule has 0 bridgehead atoms. The van der Waals surface area contributed by atoms with E-state index < -0.39 is 0 Å². The third kappa shape index (κ3) is 3.62. The molecular weight excluding hydrogens is 244 g/mol. The fourth-order valence-corrected chi connectivity index (χ4v) is 3.06. The topological polar surface area (TPSA) is 29.3 Å². The summed E-state index contributed by atoms with van der Waals surface area (Å²) in [6.45, 7) is 5.47. The fourth-order valence-electron chi connectivity index (χ4n) is 3.06. The van der Waals surface area contributed by atoms with E-state index in [-0.39, 0.29) is 0 Å². The Hall–Kier alpha value is -0.860. The highest BCUT2D eigenvalue weighted by molar-refractivity contribution is 5.25. The average Bonchev–Trinajstić information content (AvgIpc) is 3.36. The summed E-state index contributed by atoms with van der Waals surface area (Å²) in [6.07, 6.45) is 6.81. The van der Waals surface area contributed by atoms with Crippen molar-refractivity contribution in [3.63, 3.8) is 0 Å². The summed E-state index contributed by atoms with van der Waals surface area (Å²) in [5, 5.41) is 0. The van der Waals surface area contributed by atoms with Gasteiger partial charge in [-0.05, 0) is 55.1 Å². The van der Waals surface area contributed by atoms with Crippen LogP contribution in [0.4, 0.5) is 0 Å². The highest BCUT2D eigenvalue weighted by atomic mass is 15.2. The molecular formula is C18H28N2. The molecule has 0 amide bonds. The monoisotopic (exact) mass is 272 g/mol. The maximum Gasteiger partial charge on any atom is 0.0470 e. The van der Waals surface area contributed by atoms with Crippen molar-refractivity contribution in [1.82, 2.24) is 4.90 Å². The van der Waals surface area contributed by atoms with E-state index in [1.54, 1.807) is 0 Å². The molecule has 0 heterocycles. The minimum Gasteiger partial charge on any atom is -0.329 e. The first kappa shape index (κ1) is 14.1. The molecule has 0 spiro atoms. The molecule has 2 heteroatoms. The number of aryl methyl sites for hydroxylation is 1. The normalized spacial score (nSPS) is 20.4. The Balaban J connectivity index is 1.72. The second-order valence-corrected chi connectivity index (χ2v) is 6.69. The van der Waals surface area contributed by atoms with Gasteiger partial charge in [-0.2, -0.15) is 0 Å². The number of rotatable bonds is 8. The van der Waals surface area contributed by atoms with Crippen molar-refractivity contribution in [3.8, 4) is 0 Å². The molecule has 1 unspecified atom stereocenters. The van der Waals surface area contributed by atoms with Crippen LogP contribution in [0.25, 0.3) is 0 Å². The lowest BCUT2D eigenvalue weighted by Crippen LogP contribution is -2.36. The van der Waals surface area contributed by atoms with Gasteiger partial charge in [0.05, 0.1) is 0 Å².